The molecule has 1 saturated carbocycles. The lowest BCUT2D eigenvalue weighted by Gasteiger charge is -2.23. The number of nitrogens with zero attached hydrogens (tertiary/aromatic N) is 1. The van der Waals surface area contributed by atoms with Crippen molar-refractivity contribution in [3.63, 3.8) is 0 Å². The molecule has 1 aliphatic rings. The first-order valence-corrected chi connectivity index (χ1v) is 10.2. The lowest BCUT2D eigenvalue weighted by molar-refractivity contribution is 0.179. The molecule has 4 nitrogen and oxygen atoms in total. The summed E-state index contributed by atoms with van der Waals surface area (Å²) in [5, 5.41) is 3.08. The Hall–Kier alpha value is -3.27. The van der Waals surface area contributed by atoms with Crippen molar-refractivity contribution in [1.29, 1.82) is 0 Å². The van der Waals surface area contributed by atoms with Gasteiger partial charge in [-0.25, -0.2) is 4.79 Å². The zero-order chi connectivity index (χ0) is 19.9. The fourth-order valence-electron chi connectivity index (χ4n) is 3.20. The van der Waals surface area contributed by atoms with Crippen LogP contribution < -0.4 is 10.1 Å². The van der Waals surface area contributed by atoms with Gasteiger partial charge in [0, 0.05) is 12.6 Å². The van der Waals surface area contributed by atoms with Crippen LogP contribution in [0.3, 0.4) is 0 Å². The largest absolute Gasteiger partial charge is 0.492 e. The SMILES string of the molecule is O=C(NC1CC1)N(CCOc1ccc(-c2ccccc2)cc1)Cc1ccccc1. The molecule has 0 aliphatic heterocycles. The second-order valence-electron chi connectivity index (χ2n) is 7.37. The van der Waals surface area contributed by atoms with E-state index in [1.165, 1.54) is 5.56 Å². The van der Waals surface area contributed by atoms with Gasteiger partial charge >= 0.3 is 6.03 Å². The molecule has 0 radical (unpaired) electrons. The van der Waals surface area contributed by atoms with Gasteiger partial charge in [0.1, 0.15) is 12.4 Å². The molecule has 4 rings (SSSR count). The first-order chi connectivity index (χ1) is 14.3. The van der Waals surface area contributed by atoms with Gasteiger partial charge in [-0.15, -0.1) is 0 Å². The predicted molar refractivity (Wildman–Crippen MR) is 116 cm³/mol. The van der Waals surface area contributed by atoms with Crippen molar-refractivity contribution in [2.75, 3.05) is 13.2 Å². The zero-order valence-electron chi connectivity index (χ0n) is 16.5. The number of carbonyl (C=O) groups excluding carboxylic acids is 1. The molecular weight excluding hydrogens is 360 g/mol. The fourth-order valence-corrected chi connectivity index (χ4v) is 3.20. The summed E-state index contributed by atoms with van der Waals surface area (Å²) < 4.78 is 5.91. The van der Waals surface area contributed by atoms with E-state index in [-0.39, 0.29) is 6.03 Å². The lowest BCUT2D eigenvalue weighted by Crippen LogP contribution is -2.42. The van der Waals surface area contributed by atoms with E-state index in [0.29, 0.717) is 25.7 Å². The van der Waals surface area contributed by atoms with Crippen molar-refractivity contribution in [3.05, 3.63) is 90.5 Å². The molecule has 0 aromatic heterocycles. The number of carbonyl (C=O) groups is 1. The van der Waals surface area contributed by atoms with Gasteiger partial charge in [0.05, 0.1) is 6.54 Å². The van der Waals surface area contributed by atoms with Crippen molar-refractivity contribution < 1.29 is 9.53 Å². The summed E-state index contributed by atoms with van der Waals surface area (Å²) in [4.78, 5) is 14.4. The van der Waals surface area contributed by atoms with Crippen molar-refractivity contribution in [2.24, 2.45) is 0 Å². The summed E-state index contributed by atoms with van der Waals surface area (Å²) in [6, 6.07) is 28.7. The highest BCUT2D eigenvalue weighted by Gasteiger charge is 2.25. The Kier molecular flexibility index (Phi) is 6.10. The second-order valence-corrected chi connectivity index (χ2v) is 7.37. The molecule has 3 aromatic rings. The standard InChI is InChI=1S/C25H26N2O2/c28-25(26-23-13-14-23)27(19-20-7-3-1-4-8-20)17-18-29-24-15-11-22(12-16-24)21-9-5-2-6-10-21/h1-12,15-16,23H,13-14,17-19H2,(H,26,28). The van der Waals surface area contributed by atoms with Gasteiger partial charge in [0.15, 0.2) is 0 Å². The van der Waals surface area contributed by atoms with E-state index in [1.54, 1.807) is 0 Å². The number of amides is 2. The smallest absolute Gasteiger partial charge is 0.318 e. The van der Waals surface area contributed by atoms with Crippen molar-refractivity contribution in [2.45, 2.75) is 25.4 Å². The topological polar surface area (TPSA) is 41.6 Å². The van der Waals surface area contributed by atoms with Gasteiger partial charge in [-0.05, 0) is 41.7 Å². The minimum Gasteiger partial charge on any atom is -0.492 e. The maximum atomic E-state index is 12.6. The number of rotatable bonds is 8. The molecule has 1 fully saturated rings. The van der Waals surface area contributed by atoms with Crippen molar-refractivity contribution in [1.82, 2.24) is 10.2 Å². The number of hydrogen-bond acceptors (Lipinski definition) is 2. The van der Waals surface area contributed by atoms with Gasteiger partial charge in [0.25, 0.3) is 0 Å². The summed E-state index contributed by atoms with van der Waals surface area (Å²) in [7, 11) is 0. The average molecular weight is 386 g/mol. The van der Waals surface area contributed by atoms with Crippen LogP contribution in [0, 0.1) is 0 Å². The Bertz CT molecular complexity index is 907. The first kappa shape index (κ1) is 19.1. The van der Waals surface area contributed by atoms with Crippen molar-refractivity contribution >= 4 is 6.03 Å². The van der Waals surface area contributed by atoms with Crippen LogP contribution in [-0.4, -0.2) is 30.1 Å². The molecule has 0 bridgehead atoms. The summed E-state index contributed by atoms with van der Waals surface area (Å²) >= 11 is 0. The molecule has 4 heteroatoms. The maximum absolute atomic E-state index is 12.6. The van der Waals surface area contributed by atoms with E-state index in [2.05, 4.69) is 29.6 Å². The quantitative estimate of drug-likeness (QED) is 0.585. The normalized spacial score (nSPS) is 13.0. The minimum atomic E-state index is -0.0145. The molecule has 2 amide bonds. The van der Waals surface area contributed by atoms with Crippen LogP contribution in [0.2, 0.25) is 0 Å². The number of benzene rings is 3. The van der Waals surface area contributed by atoms with E-state index >= 15 is 0 Å². The van der Waals surface area contributed by atoms with E-state index in [1.807, 2.05) is 65.6 Å². The maximum Gasteiger partial charge on any atom is 0.318 e. The highest BCUT2D eigenvalue weighted by Crippen LogP contribution is 2.22. The van der Waals surface area contributed by atoms with Gasteiger partial charge in [0.2, 0.25) is 0 Å². The van der Waals surface area contributed by atoms with Gasteiger partial charge in [-0.2, -0.15) is 0 Å². The fraction of sp³-hybridized carbons (Fsp3) is 0.240. The molecule has 0 spiro atoms. The minimum absolute atomic E-state index is 0.0145. The van der Waals surface area contributed by atoms with Crippen LogP contribution in [0.5, 0.6) is 5.75 Å². The Morgan fingerprint density at radius 3 is 2.14 bits per heavy atom. The van der Waals surface area contributed by atoms with Crippen LogP contribution >= 0.6 is 0 Å². The van der Waals surface area contributed by atoms with E-state index in [4.69, 9.17) is 4.74 Å². The molecule has 0 heterocycles. The molecule has 29 heavy (non-hydrogen) atoms. The average Bonchev–Trinajstić information content (AvgIpc) is 3.59. The number of hydrogen-bond donors (Lipinski definition) is 1. The van der Waals surface area contributed by atoms with Crippen LogP contribution in [0.15, 0.2) is 84.9 Å². The lowest BCUT2D eigenvalue weighted by atomic mass is 10.1. The molecule has 3 aromatic carbocycles. The molecule has 0 saturated heterocycles. The summed E-state index contributed by atoms with van der Waals surface area (Å²) in [6.07, 6.45) is 2.16. The third-order valence-electron chi connectivity index (χ3n) is 5.00. The van der Waals surface area contributed by atoms with Crippen LogP contribution in [0.25, 0.3) is 11.1 Å². The molecule has 148 valence electrons. The highest BCUT2D eigenvalue weighted by molar-refractivity contribution is 5.75. The van der Waals surface area contributed by atoms with Crippen LogP contribution in [-0.2, 0) is 6.54 Å². The monoisotopic (exact) mass is 386 g/mol. The highest BCUT2D eigenvalue weighted by atomic mass is 16.5. The molecule has 1 aliphatic carbocycles. The Morgan fingerprint density at radius 2 is 1.48 bits per heavy atom. The van der Waals surface area contributed by atoms with Crippen molar-refractivity contribution in [3.8, 4) is 16.9 Å². The predicted octanol–water partition coefficient (Wildman–Crippen LogP) is 5.11. The van der Waals surface area contributed by atoms with E-state index in [9.17, 15) is 4.79 Å². The van der Waals surface area contributed by atoms with Crippen LogP contribution in [0.4, 0.5) is 4.79 Å². The van der Waals surface area contributed by atoms with Gasteiger partial charge in [-0.3, -0.25) is 0 Å². The third kappa shape index (κ3) is 5.61. The van der Waals surface area contributed by atoms with E-state index < -0.39 is 0 Å². The third-order valence-corrected chi connectivity index (χ3v) is 5.00. The summed E-state index contributed by atoms with van der Waals surface area (Å²) in [6.45, 7) is 1.57. The molecule has 1 N–H and O–H groups in total. The van der Waals surface area contributed by atoms with E-state index in [0.717, 1.165) is 29.7 Å². The number of urea groups is 1. The Labute approximate surface area is 172 Å². The Morgan fingerprint density at radius 1 is 0.862 bits per heavy atom. The van der Waals surface area contributed by atoms with Crippen LogP contribution in [0.1, 0.15) is 18.4 Å². The Balaban J connectivity index is 1.33. The number of nitrogens with one attached hydrogen (secondary N) is 1. The zero-order valence-corrected chi connectivity index (χ0v) is 16.5. The summed E-state index contributed by atoms with van der Waals surface area (Å²) in [5.74, 6) is 0.812. The molecular formula is C25H26N2O2. The van der Waals surface area contributed by atoms with Gasteiger partial charge in [-0.1, -0.05) is 72.8 Å². The molecule has 0 unspecified atom stereocenters. The van der Waals surface area contributed by atoms with Gasteiger partial charge < -0.3 is 15.0 Å². The number of ether oxygens (including phenoxy) is 1. The first-order valence-electron chi connectivity index (χ1n) is 10.2. The second kappa shape index (κ2) is 9.28. The summed E-state index contributed by atoms with van der Waals surface area (Å²) in [5.41, 5.74) is 3.46. The molecule has 0 atom stereocenters.